The first-order valence-electron chi connectivity index (χ1n) is 6.34. The van der Waals surface area contributed by atoms with E-state index in [0.29, 0.717) is 5.75 Å². The van der Waals surface area contributed by atoms with Crippen LogP contribution in [0, 0.1) is 0 Å². The van der Waals surface area contributed by atoms with E-state index in [0.717, 1.165) is 19.4 Å². The summed E-state index contributed by atoms with van der Waals surface area (Å²) in [6, 6.07) is 9.36. The van der Waals surface area contributed by atoms with Gasteiger partial charge in [-0.1, -0.05) is 18.2 Å². The van der Waals surface area contributed by atoms with Crippen LogP contribution in [-0.4, -0.2) is 31.3 Å². The number of rotatable bonds is 5. The van der Waals surface area contributed by atoms with Gasteiger partial charge in [0.1, 0.15) is 5.75 Å². The summed E-state index contributed by atoms with van der Waals surface area (Å²) in [5, 5.41) is 2.90. The Morgan fingerprint density at radius 1 is 1.50 bits per heavy atom. The minimum absolute atomic E-state index is 0.0411. The molecule has 4 nitrogen and oxygen atoms in total. The number of benzene rings is 1. The van der Waals surface area contributed by atoms with E-state index in [9.17, 15) is 4.79 Å². The van der Waals surface area contributed by atoms with E-state index in [1.54, 1.807) is 0 Å². The Kier molecular flexibility index (Phi) is 4.59. The van der Waals surface area contributed by atoms with Gasteiger partial charge in [-0.25, -0.2) is 0 Å². The lowest BCUT2D eigenvalue weighted by Crippen LogP contribution is -2.42. The second-order valence-electron chi connectivity index (χ2n) is 4.51. The molecule has 0 bridgehead atoms. The van der Waals surface area contributed by atoms with Crippen molar-refractivity contribution in [2.75, 3.05) is 13.2 Å². The van der Waals surface area contributed by atoms with Crippen molar-refractivity contribution >= 4 is 5.91 Å². The normalized spacial score (nSPS) is 20.4. The Bertz CT molecular complexity index is 374. The van der Waals surface area contributed by atoms with E-state index in [1.807, 2.05) is 37.3 Å². The van der Waals surface area contributed by atoms with Crippen LogP contribution in [0.1, 0.15) is 19.8 Å². The van der Waals surface area contributed by atoms with Gasteiger partial charge in [0.25, 0.3) is 5.91 Å². The Labute approximate surface area is 107 Å². The van der Waals surface area contributed by atoms with Gasteiger partial charge in [-0.2, -0.15) is 0 Å². The third-order valence-corrected chi connectivity index (χ3v) is 3.02. The zero-order valence-electron chi connectivity index (χ0n) is 10.6. The maximum atomic E-state index is 11.7. The molecule has 1 N–H and O–H groups in total. The highest BCUT2D eigenvalue weighted by Gasteiger charge is 2.23. The first-order chi connectivity index (χ1) is 8.75. The van der Waals surface area contributed by atoms with Crippen molar-refractivity contribution in [3.8, 4) is 5.75 Å². The molecule has 18 heavy (non-hydrogen) atoms. The maximum Gasteiger partial charge on any atom is 0.258 e. The lowest BCUT2D eigenvalue weighted by Gasteiger charge is -2.19. The summed E-state index contributed by atoms with van der Waals surface area (Å²) in [6.45, 7) is 2.81. The molecule has 1 aliphatic heterocycles. The van der Waals surface area contributed by atoms with E-state index in [4.69, 9.17) is 9.47 Å². The third kappa shape index (κ3) is 3.74. The van der Waals surface area contributed by atoms with Gasteiger partial charge in [-0.05, 0) is 31.9 Å². The van der Waals surface area contributed by atoms with Gasteiger partial charge in [0, 0.05) is 6.61 Å². The van der Waals surface area contributed by atoms with E-state index in [2.05, 4.69) is 5.32 Å². The van der Waals surface area contributed by atoms with Gasteiger partial charge in [0.2, 0.25) is 0 Å². The van der Waals surface area contributed by atoms with Crippen LogP contribution >= 0.6 is 0 Å². The Morgan fingerprint density at radius 3 is 2.94 bits per heavy atom. The monoisotopic (exact) mass is 249 g/mol. The highest BCUT2D eigenvalue weighted by atomic mass is 16.5. The standard InChI is InChI=1S/C14H19NO3/c1-11(13-8-5-9-17-13)15-14(16)10-18-12-6-3-2-4-7-12/h2-4,6-7,11,13H,5,8-10H2,1H3,(H,15,16)/t11-,13-/m0/s1. The molecule has 98 valence electrons. The molecule has 1 aliphatic rings. The topological polar surface area (TPSA) is 47.6 Å². The molecular formula is C14H19NO3. The van der Waals surface area contributed by atoms with Gasteiger partial charge >= 0.3 is 0 Å². The smallest absolute Gasteiger partial charge is 0.258 e. The first kappa shape index (κ1) is 12.9. The Hall–Kier alpha value is -1.55. The second-order valence-corrected chi connectivity index (χ2v) is 4.51. The Morgan fingerprint density at radius 2 is 2.28 bits per heavy atom. The zero-order valence-corrected chi connectivity index (χ0v) is 10.6. The molecule has 1 fully saturated rings. The van der Waals surface area contributed by atoms with Crippen LogP contribution < -0.4 is 10.1 Å². The number of ether oxygens (including phenoxy) is 2. The molecule has 0 spiro atoms. The highest BCUT2D eigenvalue weighted by Crippen LogP contribution is 2.15. The van der Waals surface area contributed by atoms with Crippen LogP contribution in [-0.2, 0) is 9.53 Å². The van der Waals surface area contributed by atoms with Gasteiger partial charge < -0.3 is 14.8 Å². The molecular weight excluding hydrogens is 230 g/mol. The molecule has 2 rings (SSSR count). The molecule has 0 saturated carbocycles. The molecule has 0 aromatic heterocycles. The summed E-state index contributed by atoms with van der Waals surface area (Å²) in [5.74, 6) is 0.597. The van der Waals surface area contributed by atoms with Crippen LogP contribution in [0.15, 0.2) is 30.3 Å². The summed E-state index contributed by atoms with van der Waals surface area (Å²) >= 11 is 0. The molecule has 1 saturated heterocycles. The fourth-order valence-electron chi connectivity index (χ4n) is 2.05. The van der Waals surface area contributed by atoms with E-state index in [-0.39, 0.29) is 24.7 Å². The van der Waals surface area contributed by atoms with Gasteiger partial charge in [0.15, 0.2) is 6.61 Å². The predicted molar refractivity (Wildman–Crippen MR) is 68.5 cm³/mol. The molecule has 0 radical (unpaired) electrons. The lowest BCUT2D eigenvalue weighted by atomic mass is 10.1. The van der Waals surface area contributed by atoms with Crippen molar-refractivity contribution in [2.24, 2.45) is 0 Å². The molecule has 2 atom stereocenters. The van der Waals surface area contributed by atoms with Crippen molar-refractivity contribution < 1.29 is 14.3 Å². The lowest BCUT2D eigenvalue weighted by molar-refractivity contribution is -0.124. The van der Waals surface area contributed by atoms with Crippen LogP contribution in [0.2, 0.25) is 0 Å². The second kappa shape index (κ2) is 6.40. The number of carbonyl (C=O) groups is 1. The largest absolute Gasteiger partial charge is 0.484 e. The van der Waals surface area contributed by atoms with Crippen molar-refractivity contribution in [2.45, 2.75) is 31.9 Å². The highest BCUT2D eigenvalue weighted by molar-refractivity contribution is 5.77. The fourth-order valence-corrected chi connectivity index (χ4v) is 2.05. The number of para-hydroxylation sites is 1. The van der Waals surface area contributed by atoms with E-state index < -0.39 is 0 Å². The van der Waals surface area contributed by atoms with Crippen LogP contribution in [0.25, 0.3) is 0 Å². The molecule has 1 amide bonds. The maximum absolute atomic E-state index is 11.7. The molecule has 4 heteroatoms. The van der Waals surface area contributed by atoms with Gasteiger partial charge in [-0.3, -0.25) is 4.79 Å². The average Bonchev–Trinajstić information content (AvgIpc) is 2.91. The van der Waals surface area contributed by atoms with E-state index in [1.165, 1.54) is 0 Å². The first-order valence-corrected chi connectivity index (χ1v) is 6.34. The SMILES string of the molecule is C[C@H](NC(=O)COc1ccccc1)[C@@H]1CCCO1. The van der Waals surface area contributed by atoms with E-state index >= 15 is 0 Å². The summed E-state index contributed by atoms with van der Waals surface area (Å²) < 4.78 is 10.9. The van der Waals surface area contributed by atoms with Crippen molar-refractivity contribution in [1.29, 1.82) is 0 Å². The van der Waals surface area contributed by atoms with Crippen molar-refractivity contribution in [1.82, 2.24) is 5.32 Å². The number of amides is 1. The van der Waals surface area contributed by atoms with Crippen LogP contribution in [0.3, 0.4) is 0 Å². The quantitative estimate of drug-likeness (QED) is 0.864. The minimum atomic E-state index is -0.109. The summed E-state index contributed by atoms with van der Waals surface area (Å²) in [6.07, 6.45) is 2.23. The van der Waals surface area contributed by atoms with Crippen LogP contribution in [0.4, 0.5) is 0 Å². The molecule has 1 aromatic rings. The minimum Gasteiger partial charge on any atom is -0.484 e. The molecule has 1 heterocycles. The molecule has 1 aromatic carbocycles. The fraction of sp³-hybridized carbons (Fsp3) is 0.500. The van der Waals surface area contributed by atoms with Crippen LogP contribution in [0.5, 0.6) is 5.75 Å². The number of hydrogen-bond donors (Lipinski definition) is 1. The molecule has 0 aliphatic carbocycles. The summed E-state index contributed by atoms with van der Waals surface area (Å²) in [5.41, 5.74) is 0. The van der Waals surface area contributed by atoms with Crippen molar-refractivity contribution in [3.05, 3.63) is 30.3 Å². The molecule has 0 unspecified atom stereocenters. The predicted octanol–water partition coefficient (Wildman–Crippen LogP) is 1.75. The summed E-state index contributed by atoms with van der Waals surface area (Å²) in [7, 11) is 0. The Balaban J connectivity index is 1.71. The zero-order chi connectivity index (χ0) is 12.8. The number of nitrogens with one attached hydrogen (secondary N) is 1. The summed E-state index contributed by atoms with van der Waals surface area (Å²) in [4.78, 5) is 11.7. The van der Waals surface area contributed by atoms with Gasteiger partial charge in [-0.15, -0.1) is 0 Å². The van der Waals surface area contributed by atoms with Crippen molar-refractivity contribution in [3.63, 3.8) is 0 Å². The number of carbonyl (C=O) groups excluding carboxylic acids is 1. The third-order valence-electron chi connectivity index (χ3n) is 3.02. The average molecular weight is 249 g/mol. The van der Waals surface area contributed by atoms with Gasteiger partial charge in [0.05, 0.1) is 12.1 Å². The number of hydrogen-bond acceptors (Lipinski definition) is 3.